The van der Waals surface area contributed by atoms with Gasteiger partial charge < -0.3 is 9.30 Å². The monoisotopic (exact) mass is 378 g/mol. The highest BCUT2D eigenvalue weighted by atomic mass is 32.2. The molecule has 7 heteroatoms. The number of esters is 1. The van der Waals surface area contributed by atoms with E-state index < -0.39 is 10.0 Å². The van der Waals surface area contributed by atoms with Crippen LogP contribution in [0.4, 0.5) is 0 Å². The topological polar surface area (TPSA) is 91.4 Å². The fourth-order valence-electron chi connectivity index (χ4n) is 2.68. The van der Waals surface area contributed by atoms with Crippen LogP contribution in [0.1, 0.15) is 47.6 Å². The predicted molar refractivity (Wildman–Crippen MR) is 101 cm³/mol. The molecule has 2 rings (SSSR count). The SMILES string of the molecule is Cc1cc(C(=O)OCCC(C)C)c(C)n1Cc1ccc(S(N)(=O)=O)cc1. The second-order valence-corrected chi connectivity index (χ2v) is 8.44. The smallest absolute Gasteiger partial charge is 0.339 e. The van der Waals surface area contributed by atoms with Gasteiger partial charge in [-0.15, -0.1) is 0 Å². The van der Waals surface area contributed by atoms with Crippen molar-refractivity contribution < 1.29 is 17.9 Å². The van der Waals surface area contributed by atoms with E-state index in [1.165, 1.54) is 12.1 Å². The van der Waals surface area contributed by atoms with E-state index in [1.807, 2.05) is 24.5 Å². The van der Waals surface area contributed by atoms with Crippen LogP contribution < -0.4 is 5.14 Å². The molecule has 0 amide bonds. The van der Waals surface area contributed by atoms with Crippen molar-refractivity contribution in [3.8, 4) is 0 Å². The number of benzene rings is 1. The maximum Gasteiger partial charge on any atom is 0.339 e. The molecule has 6 nitrogen and oxygen atoms in total. The summed E-state index contributed by atoms with van der Waals surface area (Å²) in [5.74, 6) is 0.171. The highest BCUT2D eigenvalue weighted by Gasteiger charge is 2.17. The van der Waals surface area contributed by atoms with Crippen LogP contribution in [0, 0.1) is 19.8 Å². The van der Waals surface area contributed by atoms with Crippen LogP contribution in [0.5, 0.6) is 0 Å². The molecule has 0 spiro atoms. The van der Waals surface area contributed by atoms with Crippen molar-refractivity contribution in [2.75, 3.05) is 6.61 Å². The fourth-order valence-corrected chi connectivity index (χ4v) is 3.20. The number of hydrogen-bond donors (Lipinski definition) is 1. The van der Waals surface area contributed by atoms with Crippen molar-refractivity contribution in [3.05, 3.63) is 52.8 Å². The lowest BCUT2D eigenvalue weighted by molar-refractivity contribution is 0.0487. The Bertz CT molecular complexity index is 881. The van der Waals surface area contributed by atoms with Crippen LogP contribution in [-0.4, -0.2) is 25.6 Å². The van der Waals surface area contributed by atoms with E-state index in [1.54, 1.807) is 12.1 Å². The Morgan fingerprint density at radius 1 is 1.19 bits per heavy atom. The highest BCUT2D eigenvalue weighted by Crippen LogP contribution is 2.19. The van der Waals surface area contributed by atoms with E-state index >= 15 is 0 Å². The quantitative estimate of drug-likeness (QED) is 0.750. The summed E-state index contributed by atoms with van der Waals surface area (Å²) in [6.07, 6.45) is 0.834. The molecule has 0 aliphatic rings. The Morgan fingerprint density at radius 2 is 1.81 bits per heavy atom. The second-order valence-electron chi connectivity index (χ2n) is 6.88. The molecule has 0 saturated carbocycles. The van der Waals surface area contributed by atoms with Crippen molar-refractivity contribution in [2.24, 2.45) is 11.1 Å². The molecule has 2 aromatic rings. The van der Waals surface area contributed by atoms with Gasteiger partial charge in [-0.25, -0.2) is 18.4 Å². The maximum absolute atomic E-state index is 12.3. The summed E-state index contributed by atoms with van der Waals surface area (Å²) in [5, 5.41) is 5.12. The third-order valence-corrected chi connectivity index (χ3v) is 5.24. The number of carbonyl (C=O) groups is 1. The lowest BCUT2D eigenvalue weighted by Crippen LogP contribution is -2.12. The summed E-state index contributed by atoms with van der Waals surface area (Å²) in [6, 6.07) is 8.24. The van der Waals surface area contributed by atoms with E-state index in [-0.39, 0.29) is 10.9 Å². The standard InChI is InChI=1S/C19H26N2O4S/c1-13(2)9-10-25-19(22)18-11-14(3)21(15(18)4)12-16-5-7-17(8-6-16)26(20,23)24/h5-8,11,13H,9-10,12H2,1-4H3,(H2,20,23,24). The zero-order valence-electron chi connectivity index (χ0n) is 15.7. The minimum Gasteiger partial charge on any atom is -0.462 e. The molecule has 1 aromatic carbocycles. The van der Waals surface area contributed by atoms with E-state index in [4.69, 9.17) is 9.88 Å². The molecular formula is C19H26N2O4S. The second kappa shape index (κ2) is 8.05. The zero-order chi connectivity index (χ0) is 19.5. The molecule has 142 valence electrons. The van der Waals surface area contributed by atoms with Gasteiger partial charge in [0.1, 0.15) is 0 Å². The molecule has 0 unspecified atom stereocenters. The highest BCUT2D eigenvalue weighted by molar-refractivity contribution is 7.89. The molecule has 0 saturated heterocycles. The van der Waals surface area contributed by atoms with E-state index in [0.29, 0.717) is 24.6 Å². The summed E-state index contributed by atoms with van der Waals surface area (Å²) >= 11 is 0. The van der Waals surface area contributed by atoms with Crippen LogP contribution >= 0.6 is 0 Å². The van der Waals surface area contributed by atoms with Crippen molar-refractivity contribution in [1.82, 2.24) is 4.57 Å². The number of nitrogens with two attached hydrogens (primary N) is 1. The van der Waals surface area contributed by atoms with E-state index in [2.05, 4.69) is 13.8 Å². The minimum atomic E-state index is -3.70. The molecule has 1 aromatic heterocycles. The minimum absolute atomic E-state index is 0.0802. The van der Waals surface area contributed by atoms with Crippen molar-refractivity contribution in [1.29, 1.82) is 0 Å². The molecule has 0 aliphatic heterocycles. The van der Waals surface area contributed by atoms with E-state index in [0.717, 1.165) is 23.4 Å². The lowest BCUT2D eigenvalue weighted by atomic mass is 10.1. The molecular weight excluding hydrogens is 352 g/mol. The van der Waals surface area contributed by atoms with Crippen LogP contribution in [0.25, 0.3) is 0 Å². The molecule has 1 heterocycles. The number of ether oxygens (including phenoxy) is 1. The van der Waals surface area contributed by atoms with Crippen LogP contribution in [0.3, 0.4) is 0 Å². The Labute approximate surface area is 155 Å². The Hall–Kier alpha value is -2.12. The predicted octanol–water partition coefficient (Wildman–Crippen LogP) is 3.00. The summed E-state index contributed by atoms with van der Waals surface area (Å²) in [7, 11) is -3.70. The largest absolute Gasteiger partial charge is 0.462 e. The Balaban J connectivity index is 2.16. The summed E-state index contributed by atoms with van der Waals surface area (Å²) in [5.41, 5.74) is 3.24. The van der Waals surface area contributed by atoms with Gasteiger partial charge in [-0.05, 0) is 49.9 Å². The molecule has 0 radical (unpaired) electrons. The average Bonchev–Trinajstić information content (AvgIpc) is 2.82. The molecule has 0 atom stereocenters. The van der Waals surface area contributed by atoms with Gasteiger partial charge >= 0.3 is 5.97 Å². The number of carbonyl (C=O) groups excluding carboxylic acids is 1. The van der Waals surface area contributed by atoms with Crippen molar-refractivity contribution in [2.45, 2.75) is 45.6 Å². The number of aryl methyl sites for hydroxylation is 1. The first kappa shape index (κ1) is 20.2. The van der Waals surface area contributed by atoms with Crippen molar-refractivity contribution >= 4 is 16.0 Å². The number of sulfonamides is 1. The van der Waals surface area contributed by atoms with E-state index in [9.17, 15) is 13.2 Å². The Kier molecular flexibility index (Phi) is 6.26. The molecule has 0 fully saturated rings. The number of rotatable bonds is 7. The zero-order valence-corrected chi connectivity index (χ0v) is 16.5. The van der Waals surface area contributed by atoms with Crippen molar-refractivity contribution in [3.63, 3.8) is 0 Å². The lowest BCUT2D eigenvalue weighted by Gasteiger charge is -2.11. The van der Waals surface area contributed by atoms with Gasteiger partial charge in [0.2, 0.25) is 10.0 Å². The number of hydrogen-bond acceptors (Lipinski definition) is 4. The summed E-state index contributed by atoms with van der Waals surface area (Å²) in [4.78, 5) is 12.4. The summed E-state index contributed by atoms with van der Waals surface area (Å²) < 4.78 is 30.0. The van der Waals surface area contributed by atoms with Gasteiger partial charge in [-0.2, -0.15) is 0 Å². The van der Waals surface area contributed by atoms with Gasteiger partial charge in [0.15, 0.2) is 0 Å². The molecule has 0 bridgehead atoms. The third-order valence-electron chi connectivity index (χ3n) is 4.31. The normalized spacial score (nSPS) is 11.8. The Morgan fingerprint density at radius 3 is 2.35 bits per heavy atom. The first-order valence-electron chi connectivity index (χ1n) is 8.55. The first-order valence-corrected chi connectivity index (χ1v) is 10.1. The molecule has 0 aliphatic carbocycles. The van der Waals surface area contributed by atoms with Crippen LogP contribution in [-0.2, 0) is 21.3 Å². The van der Waals surface area contributed by atoms with Crippen LogP contribution in [0.15, 0.2) is 35.2 Å². The number of primary sulfonamides is 1. The van der Waals surface area contributed by atoms with Gasteiger partial charge in [0, 0.05) is 17.9 Å². The number of nitrogens with zero attached hydrogens (tertiary/aromatic N) is 1. The first-order chi connectivity index (χ1) is 12.1. The molecule has 26 heavy (non-hydrogen) atoms. The van der Waals surface area contributed by atoms with Gasteiger partial charge in [-0.1, -0.05) is 26.0 Å². The fraction of sp³-hybridized carbons (Fsp3) is 0.421. The average molecular weight is 378 g/mol. The summed E-state index contributed by atoms with van der Waals surface area (Å²) in [6.45, 7) is 8.92. The van der Waals surface area contributed by atoms with Gasteiger partial charge in [-0.3, -0.25) is 0 Å². The maximum atomic E-state index is 12.3. The molecule has 2 N–H and O–H groups in total. The van der Waals surface area contributed by atoms with Crippen LogP contribution in [0.2, 0.25) is 0 Å². The van der Waals surface area contributed by atoms with Gasteiger partial charge in [0.25, 0.3) is 0 Å². The number of aromatic nitrogens is 1. The third kappa shape index (κ3) is 4.95. The van der Waals surface area contributed by atoms with Gasteiger partial charge in [0.05, 0.1) is 17.1 Å².